The van der Waals surface area contributed by atoms with E-state index in [4.69, 9.17) is 29.4 Å². The van der Waals surface area contributed by atoms with Gasteiger partial charge < -0.3 is 23.2 Å². The van der Waals surface area contributed by atoms with E-state index in [2.05, 4.69) is 200 Å². The van der Waals surface area contributed by atoms with E-state index in [9.17, 15) is 0 Å². The van der Waals surface area contributed by atoms with E-state index in [1.54, 1.807) is 0 Å². The maximum absolute atomic E-state index is 6.88. The van der Waals surface area contributed by atoms with Gasteiger partial charge in [0.2, 0.25) is 5.95 Å². The molecule has 0 aliphatic rings. The maximum Gasteiger partial charge on any atom is 2.00 e. The molecule has 12 rings (SSSR count). The standard InChI is InChI=1S/C65H57N7O2.2Pt/c1-37(2)42-23-25-66-61(27-42)70-55-17-13-11-15-51(55)63-53(40(7)8)29-47(33-59(63)70)73-45-19-21-49-50-22-20-46(32-58(50)72(57(49)31-45)65-68-35-44(36-69-65)39(5)6)74-48-30-54(41(9)10)64-52-16-12-14-18-56(52)71(60(64)34-48)62-28-43(38(3)4)24-26-67-62;;/h11-30,35-41H,1-10H3;;/q-4;2*+2. The average Bonchev–Trinajstić information content (AvgIpc) is 4.05. The predicted octanol–water partition coefficient (Wildman–Crippen LogP) is 17.0. The van der Waals surface area contributed by atoms with Gasteiger partial charge in [-0.05, 0) is 93.5 Å². The van der Waals surface area contributed by atoms with E-state index in [1.165, 1.54) is 11.1 Å². The number of fused-ring (bicyclic) bond motifs is 9. The molecule has 0 unspecified atom stereocenters. The molecule has 6 heterocycles. The third-order valence-corrected chi connectivity index (χ3v) is 14.5. The van der Waals surface area contributed by atoms with Crippen LogP contribution < -0.4 is 9.47 Å². The largest absolute Gasteiger partial charge is 2.00 e. The van der Waals surface area contributed by atoms with E-state index in [1.807, 2.05) is 41.5 Å². The van der Waals surface area contributed by atoms with Crippen molar-refractivity contribution >= 4 is 65.4 Å². The third-order valence-electron chi connectivity index (χ3n) is 14.5. The van der Waals surface area contributed by atoms with Gasteiger partial charge in [0.05, 0.1) is 0 Å². The summed E-state index contributed by atoms with van der Waals surface area (Å²) in [5.74, 6) is 5.73. The number of benzene rings is 6. The predicted molar refractivity (Wildman–Crippen MR) is 299 cm³/mol. The van der Waals surface area contributed by atoms with Crippen LogP contribution >= 0.6 is 0 Å². The van der Waals surface area contributed by atoms with E-state index in [-0.39, 0.29) is 59.9 Å². The Bertz CT molecular complexity index is 3910. The van der Waals surface area contributed by atoms with Gasteiger partial charge in [-0.1, -0.05) is 138 Å². The normalized spacial score (nSPS) is 11.9. The van der Waals surface area contributed by atoms with Gasteiger partial charge in [0.15, 0.2) is 0 Å². The molecule has 0 saturated heterocycles. The summed E-state index contributed by atoms with van der Waals surface area (Å²) >= 11 is 0. The van der Waals surface area contributed by atoms with Crippen LogP contribution in [-0.4, -0.2) is 33.6 Å². The zero-order chi connectivity index (χ0) is 51.1. The van der Waals surface area contributed by atoms with Crippen LogP contribution in [0.2, 0.25) is 0 Å². The second-order valence-corrected chi connectivity index (χ2v) is 21.0. The summed E-state index contributed by atoms with van der Waals surface area (Å²) in [7, 11) is 0. The molecule has 0 amide bonds. The maximum atomic E-state index is 6.88. The molecule has 76 heavy (non-hydrogen) atoms. The number of hydrogen-bond donors (Lipinski definition) is 0. The van der Waals surface area contributed by atoms with Crippen LogP contribution in [0.25, 0.3) is 83.0 Å². The van der Waals surface area contributed by atoms with Crippen LogP contribution in [0.5, 0.6) is 23.0 Å². The quantitative estimate of drug-likeness (QED) is 0.113. The van der Waals surface area contributed by atoms with Gasteiger partial charge >= 0.3 is 42.1 Å². The number of ether oxygens (including phenoxy) is 2. The van der Waals surface area contributed by atoms with Gasteiger partial charge in [-0.25, -0.2) is 19.9 Å². The zero-order valence-corrected chi connectivity index (χ0v) is 48.7. The Hall–Kier alpha value is -6.92. The SMILES string of the molecule is CC(C)c1cnc(-n2c3[c-]c(Oc4[c-]c5c(c(C(C)C)c4)c4ccccc4n5-c4cc(C(C)C)ccn4)ccc3c3ccc(Oc4[c-]c5c(c(C(C)C)c4)c4ccccc4n5-c4cc(C(C)C)ccn4)[c-]c32)nc1.[Pt+2].[Pt+2]. The smallest absolute Gasteiger partial charge is 0.509 e. The summed E-state index contributed by atoms with van der Waals surface area (Å²) in [6.45, 7) is 22.0. The van der Waals surface area contributed by atoms with Crippen molar-refractivity contribution in [3.63, 3.8) is 0 Å². The van der Waals surface area contributed by atoms with Crippen LogP contribution in [0.4, 0.5) is 0 Å². The molecule has 0 aliphatic heterocycles. The molecule has 0 spiro atoms. The number of para-hydroxylation sites is 2. The Morgan fingerprint density at radius 2 is 0.789 bits per heavy atom. The molecule has 0 aliphatic carbocycles. The zero-order valence-electron chi connectivity index (χ0n) is 44.2. The van der Waals surface area contributed by atoms with E-state index in [0.29, 0.717) is 40.8 Å². The van der Waals surface area contributed by atoms with Crippen molar-refractivity contribution in [2.45, 2.75) is 98.8 Å². The first-order valence-corrected chi connectivity index (χ1v) is 25.8. The van der Waals surface area contributed by atoms with E-state index < -0.39 is 0 Å². The Kier molecular flexibility index (Phi) is 14.4. The molecule has 0 fully saturated rings. The van der Waals surface area contributed by atoms with E-state index in [0.717, 1.165) is 93.7 Å². The first-order chi connectivity index (χ1) is 35.8. The molecule has 11 heteroatoms. The molecule has 9 nitrogen and oxygen atoms in total. The van der Waals surface area contributed by atoms with Crippen LogP contribution in [0.3, 0.4) is 0 Å². The molecule has 0 atom stereocenters. The van der Waals surface area contributed by atoms with Crippen LogP contribution in [0.1, 0.15) is 127 Å². The molecular formula is C65H57N7O2Pt2. The van der Waals surface area contributed by atoms with Gasteiger partial charge in [-0.15, -0.1) is 59.7 Å². The second kappa shape index (κ2) is 20.9. The van der Waals surface area contributed by atoms with Crippen LogP contribution in [-0.2, 0) is 42.1 Å². The van der Waals surface area contributed by atoms with Gasteiger partial charge in [0.25, 0.3) is 0 Å². The summed E-state index contributed by atoms with van der Waals surface area (Å²) in [6.07, 6.45) is 7.60. The minimum Gasteiger partial charge on any atom is -0.509 e. The summed E-state index contributed by atoms with van der Waals surface area (Å²) < 4.78 is 20.2. The number of rotatable bonds is 12. The minimum atomic E-state index is 0. The molecule has 0 N–H and O–H groups in total. The van der Waals surface area contributed by atoms with Crippen molar-refractivity contribution in [3.8, 4) is 40.6 Å². The van der Waals surface area contributed by atoms with E-state index >= 15 is 0 Å². The minimum absolute atomic E-state index is 0. The van der Waals surface area contributed by atoms with Crippen molar-refractivity contribution in [1.29, 1.82) is 0 Å². The summed E-state index contributed by atoms with van der Waals surface area (Å²) in [4.78, 5) is 19.7. The Morgan fingerprint density at radius 1 is 0.382 bits per heavy atom. The molecule has 0 radical (unpaired) electrons. The number of hydrogen-bond acceptors (Lipinski definition) is 6. The number of nitrogens with zero attached hydrogens (tertiary/aromatic N) is 7. The molecule has 0 bridgehead atoms. The van der Waals surface area contributed by atoms with Gasteiger partial charge in [-0.3, -0.25) is 0 Å². The fraction of sp³-hybridized carbons (Fsp3) is 0.231. The molecule has 0 saturated carbocycles. The second-order valence-electron chi connectivity index (χ2n) is 21.0. The first-order valence-electron chi connectivity index (χ1n) is 25.8. The molecule has 6 aromatic heterocycles. The fourth-order valence-corrected chi connectivity index (χ4v) is 10.5. The fourth-order valence-electron chi connectivity index (χ4n) is 10.5. The van der Waals surface area contributed by atoms with Crippen molar-refractivity contribution in [2.24, 2.45) is 0 Å². The van der Waals surface area contributed by atoms with Gasteiger partial charge in [-0.2, -0.15) is 22.9 Å². The van der Waals surface area contributed by atoms with Crippen LogP contribution in [0, 0.1) is 24.3 Å². The molecule has 12 aromatic rings. The Morgan fingerprint density at radius 3 is 1.20 bits per heavy atom. The average molecular weight is 1360 g/mol. The summed E-state index contributed by atoms with van der Waals surface area (Å²) in [6, 6.07) is 52.7. The monoisotopic (exact) mass is 1360 g/mol. The van der Waals surface area contributed by atoms with Crippen LogP contribution in [0.15, 0.2) is 134 Å². The summed E-state index contributed by atoms with van der Waals surface area (Å²) in [5, 5.41) is 6.48. The summed E-state index contributed by atoms with van der Waals surface area (Å²) in [5.41, 5.74) is 11.2. The molecular weight excluding hydrogens is 1300 g/mol. The first kappa shape index (κ1) is 52.5. The number of aromatic nitrogens is 7. The van der Waals surface area contributed by atoms with Crippen molar-refractivity contribution in [3.05, 3.63) is 186 Å². The van der Waals surface area contributed by atoms with Crippen molar-refractivity contribution in [2.75, 3.05) is 0 Å². The van der Waals surface area contributed by atoms with Gasteiger partial charge in [0.1, 0.15) is 11.6 Å². The Balaban J connectivity index is 0.00000328. The van der Waals surface area contributed by atoms with Crippen molar-refractivity contribution in [1.82, 2.24) is 33.6 Å². The van der Waals surface area contributed by atoms with Gasteiger partial charge in [0, 0.05) is 58.8 Å². The molecule has 6 aromatic carbocycles. The molecule has 384 valence electrons. The Labute approximate surface area is 472 Å². The van der Waals surface area contributed by atoms with Crippen molar-refractivity contribution < 1.29 is 51.6 Å². The third kappa shape index (κ3) is 9.13. The number of pyridine rings is 2. The topological polar surface area (TPSA) is 84.8 Å².